The molecule has 0 atom stereocenters. The van der Waals surface area contributed by atoms with Gasteiger partial charge in [-0.2, -0.15) is 0 Å². The Morgan fingerprint density at radius 1 is 0.875 bits per heavy atom. The van der Waals surface area contributed by atoms with Gasteiger partial charge in [-0.05, 0) is 29.3 Å². The van der Waals surface area contributed by atoms with Crippen LogP contribution < -0.4 is 0 Å². The van der Waals surface area contributed by atoms with Crippen LogP contribution in [-0.2, 0) is 0 Å². The van der Waals surface area contributed by atoms with Crippen LogP contribution in [0.3, 0.4) is 0 Å². The highest BCUT2D eigenvalue weighted by Gasteiger charge is 1.93. The topological polar surface area (TPSA) is 12.9 Å². The minimum Gasteiger partial charge on any atom is -0.257 e. The highest BCUT2D eigenvalue weighted by Crippen LogP contribution is 2.13. The number of hydrogen-bond donors (Lipinski definition) is 0. The summed E-state index contributed by atoms with van der Waals surface area (Å²) in [6.45, 7) is 3.80. The lowest BCUT2D eigenvalue weighted by atomic mass is 10.1. The molecular weight excluding hydrogens is 194 g/mol. The van der Waals surface area contributed by atoms with Gasteiger partial charge in [0.25, 0.3) is 0 Å². The number of benzene rings is 1. The summed E-state index contributed by atoms with van der Waals surface area (Å²) in [7, 11) is 0. The number of nitrogens with zero attached hydrogens (tertiary/aromatic N) is 1. The molecule has 1 nitrogen and oxygen atoms in total. The summed E-state index contributed by atoms with van der Waals surface area (Å²) in [5.74, 6) is 0. The van der Waals surface area contributed by atoms with Gasteiger partial charge in [-0.3, -0.25) is 4.98 Å². The SMILES string of the molecule is C=Cc1ccccc1C=Cc1ccccn1. The quantitative estimate of drug-likeness (QED) is 0.744. The highest BCUT2D eigenvalue weighted by molar-refractivity contribution is 5.73. The van der Waals surface area contributed by atoms with E-state index in [1.54, 1.807) is 6.20 Å². The van der Waals surface area contributed by atoms with Gasteiger partial charge in [0.2, 0.25) is 0 Å². The third-order valence-electron chi connectivity index (χ3n) is 2.34. The van der Waals surface area contributed by atoms with E-state index in [2.05, 4.69) is 23.7 Å². The number of hydrogen-bond acceptors (Lipinski definition) is 1. The molecule has 1 heteroatoms. The molecule has 0 amide bonds. The summed E-state index contributed by atoms with van der Waals surface area (Å²) in [4.78, 5) is 4.24. The van der Waals surface area contributed by atoms with E-state index in [1.807, 2.05) is 48.6 Å². The van der Waals surface area contributed by atoms with Crippen LogP contribution in [0.2, 0.25) is 0 Å². The Balaban J connectivity index is 2.27. The minimum atomic E-state index is 0.960. The third kappa shape index (κ3) is 2.45. The maximum absolute atomic E-state index is 4.24. The normalized spacial score (nSPS) is 10.5. The second-order valence-electron chi connectivity index (χ2n) is 3.42. The average Bonchev–Trinajstić information content (AvgIpc) is 2.38. The second-order valence-corrected chi connectivity index (χ2v) is 3.42. The van der Waals surface area contributed by atoms with Crippen molar-refractivity contribution in [3.8, 4) is 0 Å². The standard InChI is InChI=1S/C15H13N/c1-2-13-7-3-4-8-14(13)10-11-15-9-5-6-12-16-15/h2-12H,1H2. The Morgan fingerprint density at radius 2 is 1.62 bits per heavy atom. The zero-order chi connectivity index (χ0) is 11.2. The highest BCUT2D eigenvalue weighted by atomic mass is 14.6. The fraction of sp³-hybridized carbons (Fsp3) is 0. The molecule has 16 heavy (non-hydrogen) atoms. The van der Waals surface area contributed by atoms with Crippen LogP contribution in [0.4, 0.5) is 0 Å². The van der Waals surface area contributed by atoms with Crippen LogP contribution in [0, 0.1) is 0 Å². The van der Waals surface area contributed by atoms with E-state index in [-0.39, 0.29) is 0 Å². The van der Waals surface area contributed by atoms with Crippen molar-refractivity contribution in [2.24, 2.45) is 0 Å². The van der Waals surface area contributed by atoms with E-state index in [1.165, 1.54) is 0 Å². The van der Waals surface area contributed by atoms with Gasteiger partial charge >= 0.3 is 0 Å². The molecule has 2 aromatic rings. The Kier molecular flexibility index (Phi) is 3.29. The first kappa shape index (κ1) is 10.4. The van der Waals surface area contributed by atoms with E-state index >= 15 is 0 Å². The van der Waals surface area contributed by atoms with Gasteiger partial charge < -0.3 is 0 Å². The fourth-order valence-corrected chi connectivity index (χ4v) is 1.50. The van der Waals surface area contributed by atoms with Crippen molar-refractivity contribution in [2.75, 3.05) is 0 Å². The zero-order valence-corrected chi connectivity index (χ0v) is 9.01. The van der Waals surface area contributed by atoms with Crippen molar-refractivity contribution in [3.63, 3.8) is 0 Å². The van der Waals surface area contributed by atoms with Crippen molar-refractivity contribution < 1.29 is 0 Å². The lowest BCUT2D eigenvalue weighted by Gasteiger charge is -1.99. The lowest BCUT2D eigenvalue weighted by molar-refractivity contribution is 1.30. The maximum atomic E-state index is 4.24. The molecule has 2 rings (SSSR count). The van der Waals surface area contributed by atoms with Crippen molar-refractivity contribution >= 4 is 18.2 Å². The van der Waals surface area contributed by atoms with E-state index in [9.17, 15) is 0 Å². The van der Waals surface area contributed by atoms with Gasteiger partial charge in [0.1, 0.15) is 0 Å². The van der Waals surface area contributed by atoms with Crippen LogP contribution in [0.25, 0.3) is 18.2 Å². The molecule has 0 saturated carbocycles. The molecule has 0 aliphatic carbocycles. The monoisotopic (exact) mass is 207 g/mol. The minimum absolute atomic E-state index is 0.960. The predicted molar refractivity (Wildman–Crippen MR) is 69.7 cm³/mol. The van der Waals surface area contributed by atoms with Gasteiger partial charge in [-0.1, -0.05) is 49.1 Å². The van der Waals surface area contributed by atoms with Crippen LogP contribution >= 0.6 is 0 Å². The molecule has 0 fully saturated rings. The molecule has 1 aromatic heterocycles. The van der Waals surface area contributed by atoms with Crippen LogP contribution in [-0.4, -0.2) is 4.98 Å². The smallest absolute Gasteiger partial charge is 0.0629 e. The molecule has 0 spiro atoms. The summed E-state index contributed by atoms with van der Waals surface area (Å²) >= 11 is 0. The summed E-state index contributed by atoms with van der Waals surface area (Å²) < 4.78 is 0. The molecule has 1 aromatic carbocycles. The number of aromatic nitrogens is 1. The van der Waals surface area contributed by atoms with Gasteiger partial charge in [-0.25, -0.2) is 0 Å². The van der Waals surface area contributed by atoms with E-state index < -0.39 is 0 Å². The summed E-state index contributed by atoms with van der Waals surface area (Å²) in [6, 6.07) is 14.0. The first-order valence-corrected chi connectivity index (χ1v) is 5.21. The second kappa shape index (κ2) is 5.08. The van der Waals surface area contributed by atoms with Crippen molar-refractivity contribution in [1.29, 1.82) is 0 Å². The Labute approximate surface area is 95.8 Å². The van der Waals surface area contributed by atoms with Crippen LogP contribution in [0.5, 0.6) is 0 Å². The van der Waals surface area contributed by atoms with Crippen LogP contribution in [0.15, 0.2) is 55.2 Å². The molecule has 0 aliphatic heterocycles. The molecule has 0 N–H and O–H groups in total. The first-order valence-electron chi connectivity index (χ1n) is 5.21. The molecular formula is C15H13N. The van der Waals surface area contributed by atoms with Crippen molar-refractivity contribution in [2.45, 2.75) is 0 Å². The molecule has 0 bridgehead atoms. The molecule has 78 valence electrons. The van der Waals surface area contributed by atoms with Gasteiger partial charge in [0, 0.05) is 6.20 Å². The third-order valence-corrected chi connectivity index (χ3v) is 2.34. The van der Waals surface area contributed by atoms with Crippen molar-refractivity contribution in [1.82, 2.24) is 4.98 Å². The Bertz CT molecular complexity index is 498. The maximum Gasteiger partial charge on any atom is 0.0629 e. The summed E-state index contributed by atoms with van der Waals surface area (Å²) in [6.07, 6.45) is 7.71. The average molecular weight is 207 g/mol. The van der Waals surface area contributed by atoms with E-state index in [0.717, 1.165) is 16.8 Å². The lowest BCUT2D eigenvalue weighted by Crippen LogP contribution is -1.80. The van der Waals surface area contributed by atoms with Gasteiger partial charge in [-0.15, -0.1) is 0 Å². The van der Waals surface area contributed by atoms with Gasteiger partial charge in [0.15, 0.2) is 0 Å². The zero-order valence-electron chi connectivity index (χ0n) is 9.01. The molecule has 0 aliphatic rings. The number of pyridine rings is 1. The predicted octanol–water partition coefficient (Wildman–Crippen LogP) is 3.90. The Hall–Kier alpha value is -2.15. The molecule has 0 unspecified atom stereocenters. The fourth-order valence-electron chi connectivity index (χ4n) is 1.50. The summed E-state index contributed by atoms with van der Waals surface area (Å²) in [5.41, 5.74) is 3.25. The van der Waals surface area contributed by atoms with Crippen molar-refractivity contribution in [3.05, 3.63) is 72.1 Å². The molecule has 0 saturated heterocycles. The Morgan fingerprint density at radius 3 is 2.31 bits per heavy atom. The number of rotatable bonds is 3. The van der Waals surface area contributed by atoms with Crippen LogP contribution in [0.1, 0.15) is 16.8 Å². The molecule has 0 radical (unpaired) electrons. The van der Waals surface area contributed by atoms with Gasteiger partial charge in [0.05, 0.1) is 5.69 Å². The van der Waals surface area contributed by atoms with E-state index in [0.29, 0.717) is 0 Å². The summed E-state index contributed by atoms with van der Waals surface area (Å²) in [5, 5.41) is 0. The first-order chi connectivity index (χ1) is 7.90. The molecule has 1 heterocycles. The van der Waals surface area contributed by atoms with E-state index in [4.69, 9.17) is 0 Å². The largest absolute Gasteiger partial charge is 0.257 e.